The van der Waals surface area contributed by atoms with E-state index in [9.17, 15) is 59.1 Å². The number of carboxylic acids is 3. The minimum atomic E-state index is -1.97. The smallest absolute Gasteiger partial charge is 0.320 e. The highest BCUT2D eigenvalue weighted by Crippen LogP contribution is 2.21. The summed E-state index contributed by atoms with van der Waals surface area (Å²) in [6, 6.07) is 0. The second kappa shape index (κ2) is 44.7. The van der Waals surface area contributed by atoms with Gasteiger partial charge in [0.05, 0.1) is 32.8 Å². The van der Waals surface area contributed by atoms with Gasteiger partial charge in [0.1, 0.15) is 6.10 Å². The summed E-state index contributed by atoms with van der Waals surface area (Å²) in [6.45, 7) is 0.912. The van der Waals surface area contributed by atoms with E-state index in [0.717, 1.165) is 87.4 Å². The number of aliphatic hydroxyl groups is 2. The molecule has 17 nitrogen and oxygen atoms in total. The van der Waals surface area contributed by atoms with Gasteiger partial charge >= 0.3 is 35.8 Å². The summed E-state index contributed by atoms with van der Waals surface area (Å²) in [7, 11) is 0. The molecule has 17 heteroatoms. The molecule has 0 heterocycles. The molecule has 0 aromatic carbocycles. The molecule has 404 valence electrons. The van der Waals surface area contributed by atoms with Crippen molar-refractivity contribution in [3.63, 3.8) is 0 Å². The molecule has 0 amide bonds. The Morgan fingerprint density at radius 3 is 1.13 bits per heavy atom. The van der Waals surface area contributed by atoms with Gasteiger partial charge in [-0.05, 0) is 71.1 Å². The van der Waals surface area contributed by atoms with Gasteiger partial charge in [0.25, 0.3) is 0 Å². The lowest BCUT2D eigenvalue weighted by molar-refractivity contribution is -0.198. The van der Waals surface area contributed by atoms with E-state index in [1.165, 1.54) is 77.0 Å². The van der Waals surface area contributed by atoms with Crippen LogP contribution in [0.2, 0.25) is 0 Å². The van der Waals surface area contributed by atoms with Crippen molar-refractivity contribution in [2.75, 3.05) is 45.9 Å². The van der Waals surface area contributed by atoms with Gasteiger partial charge in [0, 0.05) is 25.9 Å². The molecule has 0 aromatic rings. The summed E-state index contributed by atoms with van der Waals surface area (Å²) < 4.78 is 16.8. The summed E-state index contributed by atoms with van der Waals surface area (Å²) >= 11 is 0. The fourth-order valence-corrected chi connectivity index (χ4v) is 7.90. The first-order valence-corrected chi connectivity index (χ1v) is 26.4. The van der Waals surface area contributed by atoms with Crippen molar-refractivity contribution in [3.05, 3.63) is 24.3 Å². The summed E-state index contributed by atoms with van der Waals surface area (Å²) in [5.41, 5.74) is 0. The summed E-state index contributed by atoms with van der Waals surface area (Å²) in [5.74, 6) is -7.69. The minimum Gasteiger partial charge on any atom is -0.480 e. The number of carboxylic acid groups (broad SMARTS) is 3. The molecule has 0 radical (unpaired) electrons. The standard InChI is InChI=1S/C53H92N2O15/c1-4-6-8-10-12-14-16-18-20-22-24-26-28-30-32-34-48(65)68-51(43(3)57)53(69-49(66)35-33-31-29-27-25-23-21-19-17-15-13-11-9-7-5-2)52(44(58)42-56)70-50(67)41-55(40-47(63)64)37-36-54(38-45(59)60)39-46(61)62/h18-21,44,51-53,56,58H,4-17,22-42H2,1-3H3,(H,59,60)(H,61,62)(H,63,64)/t44-,51+,52-,53-/m1/s1. The molecular formula is C53H92N2O15. The van der Waals surface area contributed by atoms with Crippen LogP contribution >= 0.6 is 0 Å². The number of carbonyl (C=O) groups is 7. The number of ketones is 1. The van der Waals surface area contributed by atoms with Crippen LogP contribution in [0.15, 0.2) is 24.3 Å². The predicted molar refractivity (Wildman–Crippen MR) is 268 cm³/mol. The molecule has 0 saturated carbocycles. The maximum Gasteiger partial charge on any atom is 0.320 e. The lowest BCUT2D eigenvalue weighted by Crippen LogP contribution is -2.54. The number of hydrogen-bond donors (Lipinski definition) is 5. The van der Waals surface area contributed by atoms with E-state index < -0.39 is 98.8 Å². The number of hydrogen-bond acceptors (Lipinski definition) is 14. The first-order valence-electron chi connectivity index (χ1n) is 26.4. The Kier molecular flexibility index (Phi) is 42.1. The van der Waals surface area contributed by atoms with Gasteiger partial charge in [-0.25, -0.2) is 0 Å². The quantitative estimate of drug-likeness (QED) is 0.0165. The van der Waals surface area contributed by atoms with Crippen LogP contribution in [0.25, 0.3) is 0 Å². The van der Waals surface area contributed by atoms with Crippen LogP contribution in [0, 0.1) is 0 Å². The Morgan fingerprint density at radius 1 is 0.443 bits per heavy atom. The maximum absolute atomic E-state index is 13.5. The van der Waals surface area contributed by atoms with Gasteiger partial charge < -0.3 is 39.7 Å². The average Bonchev–Trinajstić information content (AvgIpc) is 3.30. The Morgan fingerprint density at radius 2 is 0.771 bits per heavy atom. The molecule has 5 N–H and O–H groups in total. The molecule has 0 unspecified atom stereocenters. The van der Waals surface area contributed by atoms with Crippen molar-refractivity contribution >= 4 is 41.6 Å². The third-order valence-corrected chi connectivity index (χ3v) is 11.8. The Balaban J connectivity index is 5.76. The fraction of sp³-hybridized carbons (Fsp3) is 0.792. The molecule has 4 atom stereocenters. The molecule has 0 fully saturated rings. The Bertz CT molecular complexity index is 1470. The largest absolute Gasteiger partial charge is 0.480 e. The van der Waals surface area contributed by atoms with Crippen LogP contribution in [0.1, 0.15) is 201 Å². The number of ether oxygens (including phenoxy) is 3. The van der Waals surface area contributed by atoms with Gasteiger partial charge in [-0.15, -0.1) is 0 Å². The molecule has 0 spiro atoms. The van der Waals surface area contributed by atoms with Gasteiger partial charge in [-0.1, -0.05) is 141 Å². The molecule has 0 aliphatic rings. The van der Waals surface area contributed by atoms with Crippen molar-refractivity contribution in [3.8, 4) is 0 Å². The highest BCUT2D eigenvalue weighted by atomic mass is 16.6. The van der Waals surface area contributed by atoms with E-state index in [1.807, 2.05) is 0 Å². The molecular weight excluding hydrogens is 905 g/mol. The van der Waals surface area contributed by atoms with Crippen molar-refractivity contribution in [2.45, 2.75) is 225 Å². The number of nitrogens with zero attached hydrogens (tertiary/aromatic N) is 2. The first-order chi connectivity index (χ1) is 33.6. The van der Waals surface area contributed by atoms with Crippen LogP contribution in [-0.4, -0.2) is 147 Å². The van der Waals surface area contributed by atoms with Crippen molar-refractivity contribution in [2.24, 2.45) is 0 Å². The highest BCUT2D eigenvalue weighted by molar-refractivity contribution is 5.85. The number of aliphatic carboxylic acids is 3. The molecule has 0 rings (SSSR count). The summed E-state index contributed by atoms with van der Waals surface area (Å²) in [4.78, 5) is 89.7. The topological polar surface area (TPSA) is 255 Å². The zero-order chi connectivity index (χ0) is 52.2. The van der Waals surface area contributed by atoms with E-state index in [0.29, 0.717) is 19.3 Å². The number of aliphatic hydroxyl groups excluding tert-OH is 2. The number of carbonyl (C=O) groups excluding carboxylic acids is 4. The Hall–Kier alpha value is -4.19. The second-order valence-corrected chi connectivity index (χ2v) is 18.5. The molecule has 0 aliphatic carbocycles. The van der Waals surface area contributed by atoms with Crippen LogP contribution < -0.4 is 0 Å². The van der Waals surface area contributed by atoms with Crippen molar-refractivity contribution in [1.82, 2.24) is 9.80 Å². The molecule has 0 aromatic heterocycles. The SMILES string of the molecule is CCCCCCCCC=CCCCCCCCC(=O)O[C@@H]([C@H](OC(=O)CN(CCN(CC(=O)O)CC(=O)O)CC(=O)O)[C@H](O)CO)[C@@H](OC(=O)CCCCCCCC=CCCCCCCCC)C(C)=O. The fourth-order valence-electron chi connectivity index (χ4n) is 7.90. The molecule has 0 bridgehead atoms. The van der Waals surface area contributed by atoms with E-state index in [-0.39, 0.29) is 25.9 Å². The zero-order valence-electron chi connectivity index (χ0n) is 43.1. The zero-order valence-corrected chi connectivity index (χ0v) is 43.1. The average molecular weight is 997 g/mol. The van der Waals surface area contributed by atoms with E-state index in [4.69, 9.17) is 14.2 Å². The van der Waals surface area contributed by atoms with Gasteiger partial charge in [-0.2, -0.15) is 0 Å². The normalized spacial score (nSPS) is 13.4. The van der Waals surface area contributed by atoms with Crippen LogP contribution in [0.5, 0.6) is 0 Å². The number of Topliss-reactive ketones (excluding diaryl/α,β-unsaturated/α-hetero) is 1. The van der Waals surface area contributed by atoms with Crippen molar-refractivity contribution < 1.29 is 73.3 Å². The monoisotopic (exact) mass is 997 g/mol. The summed E-state index contributed by atoms with van der Waals surface area (Å²) in [5, 5.41) is 49.0. The lowest BCUT2D eigenvalue weighted by Gasteiger charge is -2.34. The third kappa shape index (κ3) is 38.5. The number of esters is 3. The number of rotatable bonds is 49. The first kappa shape index (κ1) is 65.8. The summed E-state index contributed by atoms with van der Waals surface area (Å²) in [6.07, 6.45) is 28.3. The Labute approximate surface area is 418 Å². The second-order valence-electron chi connectivity index (χ2n) is 18.5. The maximum atomic E-state index is 13.5. The van der Waals surface area contributed by atoms with Gasteiger partial charge in [0.2, 0.25) is 0 Å². The van der Waals surface area contributed by atoms with Crippen molar-refractivity contribution in [1.29, 1.82) is 0 Å². The van der Waals surface area contributed by atoms with Gasteiger partial charge in [0.15, 0.2) is 24.1 Å². The van der Waals surface area contributed by atoms with E-state index in [1.54, 1.807) is 0 Å². The molecule has 0 aliphatic heterocycles. The number of unbranched alkanes of at least 4 members (excludes halogenated alkanes) is 22. The molecule has 0 saturated heterocycles. The molecule has 70 heavy (non-hydrogen) atoms. The predicted octanol–water partition coefficient (Wildman–Crippen LogP) is 8.60. The minimum absolute atomic E-state index is 0.0740. The van der Waals surface area contributed by atoms with Crippen LogP contribution in [-0.2, 0) is 47.8 Å². The third-order valence-electron chi connectivity index (χ3n) is 11.8. The van der Waals surface area contributed by atoms with Crippen LogP contribution in [0.4, 0.5) is 0 Å². The lowest BCUT2D eigenvalue weighted by atomic mass is 9.99. The van der Waals surface area contributed by atoms with E-state index >= 15 is 0 Å². The van der Waals surface area contributed by atoms with Gasteiger partial charge in [-0.3, -0.25) is 43.4 Å². The highest BCUT2D eigenvalue weighted by Gasteiger charge is 2.44. The van der Waals surface area contributed by atoms with Crippen LogP contribution in [0.3, 0.4) is 0 Å². The number of allylic oxidation sites excluding steroid dienone is 4. The van der Waals surface area contributed by atoms with E-state index in [2.05, 4.69) is 38.2 Å².